The van der Waals surface area contributed by atoms with E-state index in [1.807, 2.05) is 0 Å². The number of rotatable bonds is 7. The van der Waals surface area contributed by atoms with Crippen LogP contribution >= 0.6 is 11.8 Å². The third kappa shape index (κ3) is 6.01. The van der Waals surface area contributed by atoms with Crippen molar-refractivity contribution < 1.29 is 4.79 Å². The summed E-state index contributed by atoms with van der Waals surface area (Å²) in [5.41, 5.74) is 1.25. The maximum atomic E-state index is 12.7. The highest BCUT2D eigenvalue weighted by Crippen LogP contribution is 2.34. The lowest BCUT2D eigenvalue weighted by molar-refractivity contribution is -0.125. The van der Waals surface area contributed by atoms with Crippen LogP contribution in [0.5, 0.6) is 0 Å². The Hall–Kier alpha value is -2.12. The van der Waals surface area contributed by atoms with Gasteiger partial charge in [0.25, 0.3) is 0 Å². The second-order valence-electron chi connectivity index (χ2n) is 9.03. The smallest absolute Gasteiger partial charge is 0.223 e. The highest BCUT2D eigenvalue weighted by Gasteiger charge is 2.27. The molecule has 0 unspecified atom stereocenters. The van der Waals surface area contributed by atoms with Crippen LogP contribution in [0.3, 0.4) is 0 Å². The lowest BCUT2D eigenvalue weighted by atomic mass is 9.96. The molecule has 0 saturated carbocycles. The van der Waals surface area contributed by atoms with Crippen molar-refractivity contribution in [3.63, 3.8) is 0 Å². The molecule has 2 saturated heterocycles. The SMILES string of the molecule is Cc1ccc(Sc2nccnc2N2CCC(C(=O)NCCN3CCCC[C@H]3C)CC2)cc1. The van der Waals surface area contributed by atoms with Crippen molar-refractivity contribution in [2.24, 2.45) is 5.92 Å². The molecule has 4 rings (SSSR count). The molecule has 1 aromatic carbocycles. The molecule has 172 valence electrons. The number of likely N-dealkylation sites (tertiary alicyclic amines) is 1. The number of piperidine rings is 2. The fourth-order valence-corrected chi connectivity index (χ4v) is 5.52. The first-order valence-corrected chi connectivity index (χ1v) is 12.7. The van der Waals surface area contributed by atoms with Crippen molar-refractivity contribution in [3.8, 4) is 0 Å². The number of aromatic nitrogens is 2. The van der Waals surface area contributed by atoms with Crippen molar-refractivity contribution in [1.29, 1.82) is 0 Å². The summed E-state index contributed by atoms with van der Waals surface area (Å²) in [6.07, 6.45) is 9.12. The topological polar surface area (TPSA) is 61.4 Å². The van der Waals surface area contributed by atoms with Gasteiger partial charge in [-0.05, 0) is 58.2 Å². The Morgan fingerprint density at radius 1 is 1.06 bits per heavy atom. The van der Waals surface area contributed by atoms with E-state index in [9.17, 15) is 4.79 Å². The molecule has 2 fully saturated rings. The predicted molar refractivity (Wildman–Crippen MR) is 130 cm³/mol. The molecule has 0 aliphatic carbocycles. The summed E-state index contributed by atoms with van der Waals surface area (Å²) in [5, 5.41) is 4.12. The fourth-order valence-electron chi connectivity index (χ4n) is 4.64. The minimum Gasteiger partial charge on any atom is -0.355 e. The number of nitrogens with zero attached hydrogens (tertiary/aromatic N) is 4. The van der Waals surface area contributed by atoms with Crippen LogP contribution in [0.1, 0.15) is 44.6 Å². The summed E-state index contributed by atoms with van der Waals surface area (Å²) in [7, 11) is 0. The van der Waals surface area contributed by atoms with Crippen molar-refractivity contribution in [3.05, 3.63) is 42.2 Å². The van der Waals surface area contributed by atoms with E-state index in [2.05, 4.69) is 63.2 Å². The van der Waals surface area contributed by atoms with Gasteiger partial charge in [-0.25, -0.2) is 9.97 Å². The summed E-state index contributed by atoms with van der Waals surface area (Å²) < 4.78 is 0. The molecule has 6 nitrogen and oxygen atoms in total. The normalized spacial score (nSPS) is 20.3. The zero-order valence-corrected chi connectivity index (χ0v) is 20.1. The first-order chi connectivity index (χ1) is 15.6. The zero-order chi connectivity index (χ0) is 22.3. The summed E-state index contributed by atoms with van der Waals surface area (Å²) >= 11 is 1.65. The third-order valence-corrected chi connectivity index (χ3v) is 7.68. The molecular weight excluding hydrogens is 418 g/mol. The minimum absolute atomic E-state index is 0.0925. The Balaban J connectivity index is 1.27. The Kier molecular flexibility index (Phi) is 8.03. The van der Waals surface area contributed by atoms with E-state index >= 15 is 0 Å². The Bertz CT molecular complexity index is 882. The molecule has 0 bridgehead atoms. The largest absolute Gasteiger partial charge is 0.355 e. The molecule has 2 aliphatic rings. The zero-order valence-electron chi connectivity index (χ0n) is 19.3. The fraction of sp³-hybridized carbons (Fsp3) is 0.560. The van der Waals surface area contributed by atoms with Gasteiger partial charge in [0, 0.05) is 55.4 Å². The van der Waals surface area contributed by atoms with Crippen LogP contribution in [0.15, 0.2) is 46.6 Å². The van der Waals surface area contributed by atoms with Gasteiger partial charge in [0.2, 0.25) is 5.91 Å². The minimum atomic E-state index is 0.0925. The van der Waals surface area contributed by atoms with Crippen LogP contribution < -0.4 is 10.2 Å². The molecule has 1 atom stereocenters. The first kappa shape index (κ1) is 23.1. The van der Waals surface area contributed by atoms with Gasteiger partial charge in [-0.1, -0.05) is 35.9 Å². The molecule has 7 heteroatoms. The van der Waals surface area contributed by atoms with Gasteiger partial charge in [-0.2, -0.15) is 0 Å². The van der Waals surface area contributed by atoms with Gasteiger partial charge in [-0.3, -0.25) is 9.69 Å². The molecule has 32 heavy (non-hydrogen) atoms. The van der Waals surface area contributed by atoms with Gasteiger partial charge < -0.3 is 10.2 Å². The number of benzene rings is 1. The third-order valence-electron chi connectivity index (χ3n) is 6.69. The van der Waals surface area contributed by atoms with Gasteiger partial charge in [-0.15, -0.1) is 0 Å². The predicted octanol–water partition coefficient (Wildman–Crippen LogP) is 4.14. The average Bonchev–Trinajstić information content (AvgIpc) is 2.82. The van der Waals surface area contributed by atoms with Crippen LogP contribution in [-0.4, -0.2) is 59.5 Å². The molecular formula is C25H35N5OS. The molecule has 0 radical (unpaired) electrons. The average molecular weight is 454 g/mol. The second kappa shape index (κ2) is 11.1. The quantitative estimate of drug-likeness (QED) is 0.680. The van der Waals surface area contributed by atoms with Crippen molar-refractivity contribution in [2.45, 2.75) is 61.9 Å². The molecule has 1 amide bonds. The van der Waals surface area contributed by atoms with Crippen LogP contribution in [0.2, 0.25) is 0 Å². The van der Waals surface area contributed by atoms with Gasteiger partial charge >= 0.3 is 0 Å². The Morgan fingerprint density at radius 2 is 1.81 bits per heavy atom. The number of hydrogen-bond acceptors (Lipinski definition) is 6. The summed E-state index contributed by atoms with van der Waals surface area (Å²) in [4.78, 5) is 27.9. The van der Waals surface area contributed by atoms with Crippen molar-refractivity contribution in [2.75, 3.05) is 37.6 Å². The second-order valence-corrected chi connectivity index (χ2v) is 10.1. The van der Waals surface area contributed by atoms with Gasteiger partial charge in [0.1, 0.15) is 5.03 Å². The number of hydrogen-bond donors (Lipinski definition) is 1. The molecule has 2 aliphatic heterocycles. The van der Waals surface area contributed by atoms with Crippen molar-refractivity contribution in [1.82, 2.24) is 20.2 Å². The van der Waals surface area contributed by atoms with E-state index < -0.39 is 0 Å². The Morgan fingerprint density at radius 3 is 2.56 bits per heavy atom. The van der Waals surface area contributed by atoms with Crippen LogP contribution in [0.25, 0.3) is 0 Å². The van der Waals surface area contributed by atoms with E-state index in [0.717, 1.165) is 61.3 Å². The number of carbonyl (C=O) groups excluding carboxylic acids is 1. The number of carbonyl (C=O) groups is 1. The standard InChI is InChI=1S/C25H35N5OS/c1-19-6-8-22(9-7-19)32-25-23(26-12-13-28-25)30-16-10-21(11-17-30)24(31)27-14-18-29-15-4-3-5-20(29)2/h6-9,12-13,20-21H,3-5,10-11,14-18H2,1-2H3,(H,27,31)/t20-/m1/s1. The van der Waals surface area contributed by atoms with Gasteiger partial charge in [0.15, 0.2) is 5.82 Å². The summed E-state index contributed by atoms with van der Waals surface area (Å²) in [6, 6.07) is 9.13. The molecule has 3 heterocycles. The first-order valence-electron chi connectivity index (χ1n) is 11.9. The summed E-state index contributed by atoms with van der Waals surface area (Å²) in [5.74, 6) is 1.23. The molecule has 1 N–H and O–H groups in total. The highest BCUT2D eigenvalue weighted by molar-refractivity contribution is 7.99. The molecule has 1 aromatic heterocycles. The number of nitrogens with one attached hydrogen (secondary N) is 1. The maximum absolute atomic E-state index is 12.7. The number of amides is 1. The van der Waals surface area contributed by atoms with Gasteiger partial charge in [0.05, 0.1) is 0 Å². The lowest BCUT2D eigenvalue weighted by Gasteiger charge is -2.34. The van der Waals surface area contributed by atoms with E-state index in [4.69, 9.17) is 0 Å². The van der Waals surface area contributed by atoms with E-state index in [-0.39, 0.29) is 11.8 Å². The van der Waals surface area contributed by atoms with Crippen LogP contribution in [0.4, 0.5) is 5.82 Å². The van der Waals surface area contributed by atoms with E-state index in [0.29, 0.717) is 6.04 Å². The lowest BCUT2D eigenvalue weighted by Crippen LogP contribution is -2.45. The Labute approximate surface area is 196 Å². The summed E-state index contributed by atoms with van der Waals surface area (Å²) in [6.45, 7) is 8.94. The van der Waals surface area contributed by atoms with Crippen LogP contribution in [0, 0.1) is 12.8 Å². The molecule has 0 spiro atoms. The van der Waals surface area contributed by atoms with Crippen molar-refractivity contribution >= 4 is 23.5 Å². The van der Waals surface area contributed by atoms with Crippen LogP contribution in [-0.2, 0) is 4.79 Å². The number of anilines is 1. The van der Waals surface area contributed by atoms with E-state index in [1.165, 1.54) is 24.8 Å². The highest BCUT2D eigenvalue weighted by atomic mass is 32.2. The molecule has 2 aromatic rings. The monoisotopic (exact) mass is 453 g/mol. The number of aryl methyl sites for hydroxylation is 1. The van der Waals surface area contributed by atoms with E-state index in [1.54, 1.807) is 24.2 Å². The maximum Gasteiger partial charge on any atom is 0.223 e.